The van der Waals surface area contributed by atoms with E-state index in [0.29, 0.717) is 88.2 Å². The highest BCUT2D eigenvalue weighted by molar-refractivity contribution is 5.80. The number of aromatic nitrogens is 29. The monoisotopic (exact) mass is 1760 g/mol. The van der Waals surface area contributed by atoms with E-state index in [1.54, 1.807) is 70.8 Å². The molecule has 12 N–H and O–H groups in total. The van der Waals surface area contributed by atoms with Crippen LogP contribution in [0.15, 0.2) is 219 Å². The van der Waals surface area contributed by atoms with Gasteiger partial charge in [0.2, 0.25) is 75.5 Å². The zero-order valence-corrected chi connectivity index (χ0v) is 73.9. The van der Waals surface area contributed by atoms with Crippen LogP contribution in [0.1, 0.15) is 52.3 Å². The van der Waals surface area contributed by atoms with Crippen LogP contribution in [-0.2, 0) is 19.4 Å². The summed E-state index contributed by atoms with van der Waals surface area (Å²) in [5.74, 6) is 10.7. The summed E-state index contributed by atoms with van der Waals surface area (Å²) in [5, 5.41) is 80.6. The lowest BCUT2D eigenvalue weighted by Gasteiger charge is -2.33. The fourth-order valence-corrected chi connectivity index (χ4v) is 15.0. The van der Waals surface area contributed by atoms with Crippen LogP contribution in [0.3, 0.4) is 0 Å². The lowest BCUT2D eigenvalue weighted by Crippen LogP contribution is -2.37. The summed E-state index contributed by atoms with van der Waals surface area (Å²) >= 11 is 0. The molecule has 0 bridgehead atoms. The van der Waals surface area contributed by atoms with Gasteiger partial charge in [0.25, 0.3) is 0 Å². The fourth-order valence-electron chi connectivity index (χ4n) is 15.0. The number of rotatable bonds is 24. The highest BCUT2D eigenvalue weighted by atomic mass is 16.5. The lowest BCUT2D eigenvalue weighted by molar-refractivity contribution is 0.395. The Morgan fingerprint density at radius 3 is 1.50 bits per heavy atom. The predicted molar refractivity (Wildman–Crippen MR) is 508 cm³/mol. The number of nitrogens with zero attached hydrogens (tertiary/aromatic N) is 29. The second-order valence-corrected chi connectivity index (χ2v) is 29.8. The Hall–Kier alpha value is -17.3. The Bertz CT molecular complexity index is 7250. The van der Waals surface area contributed by atoms with Crippen LogP contribution in [0.5, 0.6) is 5.75 Å². The Balaban J connectivity index is 0.000000115. The van der Waals surface area contributed by atoms with Gasteiger partial charge < -0.3 is 77.7 Å². The summed E-state index contributed by atoms with van der Waals surface area (Å²) in [5.41, 5.74) is 15.4. The summed E-state index contributed by atoms with van der Waals surface area (Å²) in [6, 6.07) is 44.5. The SMILES string of the molecule is CNc1nnc2c(N(C)c3ccccn3)nccn12.CNc1nnc2c(N3CCC(n4c(=O)[nH]c5ccccc54)CC3)nccn12.CNc1nnc2c(NCCc3cccc(C)c3)nccn12.CNc1nnc2c(NCCc3ccccc3OC)nccn12.CNc1nnc2c(NCc3ccc(C)c(C)c3)nccn12.CNc1nnc2c(Nc3nc4ccccc4[nH]3)nccn12. The number of para-hydroxylation sites is 5. The first-order chi connectivity index (χ1) is 64.2. The number of imidazole rings is 2. The molecule has 668 valence electrons. The molecule has 5 aromatic carbocycles. The van der Waals surface area contributed by atoms with E-state index in [-0.39, 0.29) is 11.7 Å². The van der Waals surface area contributed by atoms with E-state index in [9.17, 15) is 4.79 Å². The molecule has 0 saturated carbocycles. The number of fused-ring (bicyclic) bond motifs is 8. The summed E-state index contributed by atoms with van der Waals surface area (Å²) in [7, 11) is 14.5. The Labute approximate surface area is 749 Å². The number of H-pyrrole nitrogens is 2. The van der Waals surface area contributed by atoms with Gasteiger partial charge in [-0.1, -0.05) is 96.6 Å². The standard InChI is InChI=1S/C18H20N8O.C15H18N6O.2C15H18N6.C13H12N8.C12H13N7/c1-19-17-23-22-16-15(20-8-11-25(16)17)24-9-6-12(7-10-24)26-14-5-3-2-4-13(14)21-18(26)27;1-16-15-20-19-14-13(18-9-10-21(14)15)17-8-7-11-5-3-4-6-12(11)22-2;1-10-4-5-12(8-11(10)2)9-18-13-14-19-20-15(16-3)21(14)7-6-17-13;1-11-4-3-5-12(10-11)6-7-17-13-14-19-20-15(16-2)21(14)9-8-18-13;1-14-13-20-19-11-10(15-6-7-21(11)13)18-12-16-8-4-2-3-5-9(8)17-12;1-13-12-17-16-11-10(15-7-8-19(11)12)18(2)9-5-3-4-6-14-9/h2-5,8,11-12H,6-7,9-10H2,1H3,(H,19,23)(H,21,27);3-6,9-10H,7-8H2,1-2H3,(H,16,20)(H,17,18);4-8H,9H2,1-3H3,(H,16,20)(H,17,18);3-5,8-10H,6-7H2,1-2H3,(H,16,20)(H,17,18);2-7H,1H3,(H,14,20)(H2,15,16,17,18);3-8H,1-2H3,(H,13,17). The molecule has 0 radical (unpaired) electrons. The van der Waals surface area contributed by atoms with E-state index in [4.69, 9.17) is 4.74 Å². The smallest absolute Gasteiger partial charge is 0.326 e. The zero-order chi connectivity index (χ0) is 90.7. The molecular weight excluding hydrogens is 1660 g/mol. The first kappa shape index (κ1) is 87.2. The molecule has 43 nitrogen and oxygen atoms in total. The number of benzene rings is 5. The third kappa shape index (κ3) is 19.6. The molecule has 0 unspecified atom stereocenters. The third-order valence-electron chi connectivity index (χ3n) is 21.7. The number of anilines is 14. The number of pyridine rings is 1. The molecule has 15 aromatic heterocycles. The van der Waals surface area contributed by atoms with Gasteiger partial charge in [0.1, 0.15) is 11.6 Å². The van der Waals surface area contributed by atoms with E-state index in [1.165, 1.54) is 27.8 Å². The number of hydrogen-bond donors (Lipinski definition) is 12. The lowest BCUT2D eigenvalue weighted by atomic mass is 10.0. The van der Waals surface area contributed by atoms with Crippen LogP contribution in [0.25, 0.3) is 55.9 Å². The average molecular weight is 1760 g/mol. The van der Waals surface area contributed by atoms with Gasteiger partial charge in [-0.15, -0.1) is 61.2 Å². The van der Waals surface area contributed by atoms with Gasteiger partial charge in [0.15, 0.2) is 34.9 Å². The highest BCUT2D eigenvalue weighted by Crippen LogP contribution is 2.31. The van der Waals surface area contributed by atoms with Crippen molar-refractivity contribution in [3.8, 4) is 5.75 Å². The van der Waals surface area contributed by atoms with E-state index >= 15 is 0 Å². The second-order valence-electron chi connectivity index (χ2n) is 29.8. The van der Waals surface area contributed by atoms with Crippen LogP contribution in [0, 0.1) is 20.8 Å². The van der Waals surface area contributed by atoms with E-state index in [1.807, 2.05) is 187 Å². The first-order valence-corrected chi connectivity index (χ1v) is 42.2. The van der Waals surface area contributed by atoms with Crippen molar-refractivity contribution in [1.29, 1.82) is 0 Å². The predicted octanol–water partition coefficient (Wildman–Crippen LogP) is 11.1. The summed E-state index contributed by atoms with van der Waals surface area (Å²) in [6.45, 7) is 10.2. The Morgan fingerprint density at radius 1 is 0.435 bits per heavy atom. The normalized spacial score (nSPS) is 11.8. The number of hydrogen-bond acceptors (Lipinski definition) is 34. The summed E-state index contributed by atoms with van der Waals surface area (Å²) in [6.07, 6.45) is 26.6. The maximum atomic E-state index is 12.5. The highest BCUT2D eigenvalue weighted by Gasteiger charge is 2.27. The summed E-state index contributed by atoms with van der Waals surface area (Å²) in [4.78, 5) is 57.7. The van der Waals surface area contributed by atoms with Gasteiger partial charge in [-0.05, 0) is 117 Å². The Morgan fingerprint density at radius 2 is 0.931 bits per heavy atom. The topological polar surface area (TPSA) is 474 Å². The maximum Gasteiger partial charge on any atom is 0.326 e. The van der Waals surface area contributed by atoms with E-state index in [0.717, 1.165) is 120 Å². The molecule has 20 aromatic rings. The first-order valence-electron chi connectivity index (χ1n) is 42.2. The van der Waals surface area contributed by atoms with E-state index < -0.39 is 0 Å². The number of aryl methyl sites for hydroxylation is 3. The number of ether oxygens (including phenoxy) is 1. The Kier molecular flexibility index (Phi) is 27.1. The molecule has 21 rings (SSSR count). The molecule has 0 aliphatic carbocycles. The van der Waals surface area contributed by atoms with Gasteiger partial charge in [-0.25, -0.2) is 44.7 Å². The number of nitrogens with one attached hydrogen (secondary N) is 12. The van der Waals surface area contributed by atoms with Gasteiger partial charge >= 0.3 is 5.69 Å². The molecule has 0 amide bonds. The minimum absolute atomic E-state index is 0.0361. The minimum atomic E-state index is -0.0361. The molecule has 1 saturated heterocycles. The second kappa shape index (κ2) is 40.8. The zero-order valence-electron chi connectivity index (χ0n) is 73.9. The van der Waals surface area contributed by atoms with Gasteiger partial charge in [-0.2, -0.15) is 0 Å². The van der Waals surface area contributed by atoms with Crippen LogP contribution in [0.2, 0.25) is 0 Å². The number of aromatic amines is 2. The molecule has 1 aliphatic rings. The van der Waals surface area contributed by atoms with Gasteiger partial charge in [0.05, 0.1) is 29.2 Å². The number of piperidine rings is 1. The minimum Gasteiger partial charge on any atom is -0.496 e. The van der Waals surface area contributed by atoms with Crippen molar-refractivity contribution in [3.05, 3.63) is 258 Å². The van der Waals surface area contributed by atoms with Crippen LogP contribution < -0.4 is 73.4 Å². The maximum absolute atomic E-state index is 12.5. The molecule has 16 heterocycles. The van der Waals surface area contributed by atoms with Crippen molar-refractivity contribution in [2.24, 2.45) is 0 Å². The van der Waals surface area contributed by atoms with Gasteiger partial charge in [-0.3, -0.25) is 31.0 Å². The quantitative estimate of drug-likeness (QED) is 0.0267. The van der Waals surface area contributed by atoms with Crippen LogP contribution >= 0.6 is 0 Å². The van der Waals surface area contributed by atoms with Crippen molar-refractivity contribution >= 4 is 138 Å². The molecule has 43 heteroatoms. The van der Waals surface area contributed by atoms with Crippen molar-refractivity contribution in [1.82, 2.24) is 142 Å². The van der Waals surface area contributed by atoms with Crippen molar-refractivity contribution < 1.29 is 4.74 Å². The number of methoxy groups -OCH3 is 1. The van der Waals surface area contributed by atoms with Crippen LogP contribution in [-0.4, -0.2) is 225 Å². The van der Waals surface area contributed by atoms with Crippen LogP contribution in [0.4, 0.5) is 82.4 Å². The molecule has 0 spiro atoms. The van der Waals surface area contributed by atoms with E-state index in [2.05, 4.69) is 238 Å². The largest absolute Gasteiger partial charge is 0.496 e. The van der Waals surface area contributed by atoms with Crippen molar-refractivity contribution in [3.63, 3.8) is 0 Å². The molecule has 131 heavy (non-hydrogen) atoms. The van der Waals surface area contributed by atoms with Crippen molar-refractivity contribution in [2.75, 3.05) is 146 Å². The molecule has 1 fully saturated rings. The third-order valence-corrected chi connectivity index (χ3v) is 21.7. The fraction of sp³-hybridized carbons (Fsp3) is 0.239. The summed E-state index contributed by atoms with van der Waals surface area (Å²) < 4.78 is 18.4. The van der Waals surface area contributed by atoms with Gasteiger partial charge in [0, 0.05) is 169 Å². The average Bonchev–Trinajstić information content (AvgIpc) is 1.65. The molecule has 1 aliphatic heterocycles. The molecular formula is C88H99N41O2. The van der Waals surface area contributed by atoms with Crippen molar-refractivity contribution in [2.45, 2.75) is 59.0 Å². The molecule has 0 atom stereocenters.